The van der Waals surface area contributed by atoms with Crippen LogP contribution in [0, 0.1) is 0 Å². The molecule has 1 atom stereocenters. The van der Waals surface area contributed by atoms with E-state index in [0.29, 0.717) is 0 Å². The number of fused-ring (bicyclic) bond motifs is 1. The lowest BCUT2D eigenvalue weighted by molar-refractivity contribution is -0.128. The number of rotatable bonds is 2. The summed E-state index contributed by atoms with van der Waals surface area (Å²) in [6, 6.07) is 7.16. The predicted molar refractivity (Wildman–Crippen MR) is 84.3 cm³/mol. The number of nitrogens with zero attached hydrogens (tertiary/aromatic N) is 1. The fourth-order valence-corrected chi connectivity index (χ4v) is 2.71. The van der Waals surface area contributed by atoms with Crippen molar-refractivity contribution in [2.45, 2.75) is 58.5 Å². The molecular formula is C17H24N2O2. The van der Waals surface area contributed by atoms with Crippen LogP contribution in [0.4, 0.5) is 5.69 Å². The number of benzene rings is 1. The number of carbonyl (C=O) groups is 2. The van der Waals surface area contributed by atoms with Crippen molar-refractivity contribution in [1.29, 1.82) is 0 Å². The molecule has 1 heterocycles. The minimum atomic E-state index is -0.590. The monoisotopic (exact) mass is 288 g/mol. The van der Waals surface area contributed by atoms with Crippen molar-refractivity contribution >= 4 is 17.5 Å². The third-order valence-corrected chi connectivity index (χ3v) is 3.86. The molecule has 0 fully saturated rings. The average Bonchev–Trinajstić information content (AvgIpc) is 2.56. The number of carbonyl (C=O) groups excluding carboxylic acids is 2. The normalized spacial score (nSPS) is 18.4. The lowest BCUT2D eigenvalue weighted by Gasteiger charge is -2.29. The fraction of sp³-hybridized carbons (Fsp3) is 0.529. The highest BCUT2D eigenvalue weighted by Gasteiger charge is 2.46. The van der Waals surface area contributed by atoms with Crippen molar-refractivity contribution in [2.24, 2.45) is 0 Å². The van der Waals surface area contributed by atoms with E-state index in [1.54, 1.807) is 11.8 Å². The average molecular weight is 288 g/mol. The van der Waals surface area contributed by atoms with Crippen LogP contribution in [0.5, 0.6) is 0 Å². The summed E-state index contributed by atoms with van der Waals surface area (Å²) in [4.78, 5) is 26.8. The van der Waals surface area contributed by atoms with Gasteiger partial charge in [-0.05, 0) is 53.2 Å². The van der Waals surface area contributed by atoms with Crippen molar-refractivity contribution < 1.29 is 9.59 Å². The summed E-state index contributed by atoms with van der Waals surface area (Å²) in [5, 5.41) is 2.94. The zero-order valence-electron chi connectivity index (χ0n) is 13.7. The van der Waals surface area contributed by atoms with Crippen LogP contribution in [0.1, 0.15) is 47.1 Å². The topological polar surface area (TPSA) is 49.4 Å². The van der Waals surface area contributed by atoms with Gasteiger partial charge in [0.1, 0.15) is 6.04 Å². The lowest BCUT2D eigenvalue weighted by Crippen LogP contribution is -2.53. The summed E-state index contributed by atoms with van der Waals surface area (Å²) in [5.41, 5.74) is 0.908. The van der Waals surface area contributed by atoms with Gasteiger partial charge in [-0.15, -0.1) is 0 Å². The molecule has 0 radical (unpaired) electrons. The molecule has 2 amide bonds. The maximum Gasteiger partial charge on any atom is 0.243 e. The van der Waals surface area contributed by atoms with E-state index in [-0.39, 0.29) is 17.4 Å². The second-order valence-corrected chi connectivity index (χ2v) is 7.23. The second kappa shape index (κ2) is 4.86. The number of anilines is 1. The Bertz CT molecular complexity index is 585. The molecule has 1 aliphatic rings. The zero-order valence-corrected chi connectivity index (χ0v) is 13.7. The third-order valence-electron chi connectivity index (χ3n) is 3.86. The van der Waals surface area contributed by atoms with Gasteiger partial charge in [-0.1, -0.05) is 18.2 Å². The summed E-state index contributed by atoms with van der Waals surface area (Å²) in [5.74, 6) is -0.163. The first kappa shape index (κ1) is 15.5. The van der Waals surface area contributed by atoms with Gasteiger partial charge in [0.25, 0.3) is 0 Å². The Morgan fingerprint density at radius 3 is 2.38 bits per heavy atom. The standard InChI is InChI=1S/C17H24N2O2/c1-11(14(20)18-16(2,3)4)19-13-10-8-7-9-12(13)17(5,6)15(19)21/h7-11H,1-6H3,(H,18,20). The van der Waals surface area contributed by atoms with Gasteiger partial charge in [0, 0.05) is 11.2 Å². The summed E-state index contributed by atoms with van der Waals surface area (Å²) in [6.45, 7) is 11.4. The molecule has 0 aliphatic carbocycles. The fourth-order valence-electron chi connectivity index (χ4n) is 2.71. The summed E-state index contributed by atoms with van der Waals surface area (Å²) in [7, 11) is 0. The number of hydrogen-bond donors (Lipinski definition) is 1. The summed E-state index contributed by atoms with van der Waals surface area (Å²) in [6.07, 6.45) is 0. The molecule has 0 aromatic heterocycles. The first-order chi connectivity index (χ1) is 9.55. The Balaban J connectivity index is 2.37. The molecule has 4 nitrogen and oxygen atoms in total. The molecule has 1 unspecified atom stereocenters. The van der Waals surface area contributed by atoms with E-state index in [2.05, 4.69) is 5.32 Å². The molecule has 0 saturated carbocycles. The Morgan fingerprint density at radius 1 is 1.24 bits per heavy atom. The molecule has 4 heteroatoms. The number of amides is 2. The van der Waals surface area contributed by atoms with E-state index in [1.165, 1.54) is 0 Å². The van der Waals surface area contributed by atoms with E-state index < -0.39 is 11.5 Å². The Hall–Kier alpha value is -1.84. The van der Waals surface area contributed by atoms with E-state index in [0.717, 1.165) is 11.3 Å². The molecule has 1 aromatic carbocycles. The molecule has 1 N–H and O–H groups in total. The van der Waals surface area contributed by atoms with Crippen LogP contribution < -0.4 is 10.2 Å². The summed E-state index contributed by atoms with van der Waals surface area (Å²) >= 11 is 0. The molecular weight excluding hydrogens is 264 g/mol. The third kappa shape index (κ3) is 2.67. The van der Waals surface area contributed by atoms with Gasteiger partial charge < -0.3 is 5.32 Å². The Morgan fingerprint density at radius 2 is 1.81 bits per heavy atom. The van der Waals surface area contributed by atoms with Gasteiger partial charge in [0.05, 0.1) is 5.41 Å². The van der Waals surface area contributed by atoms with Gasteiger partial charge in [-0.2, -0.15) is 0 Å². The van der Waals surface area contributed by atoms with Crippen LogP contribution in [0.15, 0.2) is 24.3 Å². The minimum Gasteiger partial charge on any atom is -0.350 e. The largest absolute Gasteiger partial charge is 0.350 e. The maximum atomic E-state index is 12.7. The molecule has 0 spiro atoms. The van der Waals surface area contributed by atoms with Crippen LogP contribution in [0.25, 0.3) is 0 Å². The molecule has 0 bridgehead atoms. The van der Waals surface area contributed by atoms with Gasteiger partial charge in [-0.25, -0.2) is 0 Å². The highest BCUT2D eigenvalue weighted by Crippen LogP contribution is 2.42. The van der Waals surface area contributed by atoms with Gasteiger partial charge in [0.15, 0.2) is 0 Å². The highest BCUT2D eigenvalue weighted by molar-refractivity contribution is 6.11. The quantitative estimate of drug-likeness (QED) is 0.909. The molecule has 2 rings (SSSR count). The van der Waals surface area contributed by atoms with Crippen LogP contribution >= 0.6 is 0 Å². The summed E-state index contributed by atoms with van der Waals surface area (Å²) < 4.78 is 0. The van der Waals surface area contributed by atoms with Crippen LogP contribution in [-0.2, 0) is 15.0 Å². The first-order valence-corrected chi connectivity index (χ1v) is 7.31. The number of hydrogen-bond acceptors (Lipinski definition) is 2. The van der Waals surface area contributed by atoms with Crippen LogP contribution in [-0.4, -0.2) is 23.4 Å². The predicted octanol–water partition coefficient (Wildman–Crippen LogP) is 2.61. The molecule has 1 aliphatic heterocycles. The molecule has 1 aromatic rings. The second-order valence-electron chi connectivity index (χ2n) is 7.23. The Labute approximate surface area is 126 Å². The molecule has 0 saturated heterocycles. The van der Waals surface area contributed by atoms with Crippen molar-refractivity contribution in [3.63, 3.8) is 0 Å². The maximum absolute atomic E-state index is 12.7. The van der Waals surface area contributed by atoms with Crippen molar-refractivity contribution in [3.8, 4) is 0 Å². The van der Waals surface area contributed by atoms with E-state index in [9.17, 15) is 9.59 Å². The first-order valence-electron chi connectivity index (χ1n) is 7.31. The van der Waals surface area contributed by atoms with Gasteiger partial charge in [-0.3, -0.25) is 14.5 Å². The number of nitrogens with one attached hydrogen (secondary N) is 1. The Kier molecular flexibility index (Phi) is 3.60. The molecule has 114 valence electrons. The van der Waals surface area contributed by atoms with E-state index in [4.69, 9.17) is 0 Å². The van der Waals surface area contributed by atoms with Gasteiger partial charge in [0.2, 0.25) is 11.8 Å². The van der Waals surface area contributed by atoms with Crippen molar-refractivity contribution in [3.05, 3.63) is 29.8 Å². The molecule has 21 heavy (non-hydrogen) atoms. The SMILES string of the molecule is CC(C(=O)NC(C)(C)C)N1C(=O)C(C)(C)c2ccccc21. The highest BCUT2D eigenvalue weighted by atomic mass is 16.2. The zero-order chi connectivity index (χ0) is 16.0. The van der Waals surface area contributed by atoms with Crippen molar-refractivity contribution in [1.82, 2.24) is 5.32 Å². The lowest BCUT2D eigenvalue weighted by atomic mass is 9.86. The van der Waals surface area contributed by atoms with Crippen LogP contribution in [0.2, 0.25) is 0 Å². The van der Waals surface area contributed by atoms with Gasteiger partial charge >= 0.3 is 0 Å². The minimum absolute atomic E-state index is 0.0275. The smallest absolute Gasteiger partial charge is 0.243 e. The van der Waals surface area contributed by atoms with Crippen molar-refractivity contribution in [2.75, 3.05) is 4.90 Å². The number of para-hydroxylation sites is 1. The van der Waals surface area contributed by atoms with E-state index >= 15 is 0 Å². The van der Waals surface area contributed by atoms with E-state index in [1.807, 2.05) is 58.9 Å². The van der Waals surface area contributed by atoms with Crippen LogP contribution in [0.3, 0.4) is 0 Å².